The van der Waals surface area contributed by atoms with Gasteiger partial charge in [0, 0.05) is 30.8 Å². The lowest BCUT2D eigenvalue weighted by molar-refractivity contribution is -0.0162. The van der Waals surface area contributed by atoms with Gasteiger partial charge in [-0.25, -0.2) is 4.63 Å². The SMILES string of the molecule is O=C(c1ccc(NSc2cccc3nonc23)cc1)N1CCC(O)(Cc2ccccc2)CC1. The summed E-state index contributed by atoms with van der Waals surface area (Å²) in [6.45, 7) is 1.10. The summed E-state index contributed by atoms with van der Waals surface area (Å²) < 4.78 is 8.07. The number of benzene rings is 3. The van der Waals surface area contributed by atoms with Crippen molar-refractivity contribution in [2.24, 2.45) is 0 Å². The van der Waals surface area contributed by atoms with Crippen LogP contribution in [0.1, 0.15) is 28.8 Å². The highest BCUT2D eigenvalue weighted by Crippen LogP contribution is 2.29. The average molecular weight is 461 g/mol. The highest BCUT2D eigenvalue weighted by Gasteiger charge is 2.34. The fourth-order valence-corrected chi connectivity index (χ4v) is 4.87. The van der Waals surface area contributed by atoms with Gasteiger partial charge in [-0.3, -0.25) is 4.79 Å². The Morgan fingerprint density at radius 2 is 1.76 bits per heavy atom. The van der Waals surface area contributed by atoms with Crippen molar-refractivity contribution in [1.29, 1.82) is 0 Å². The lowest BCUT2D eigenvalue weighted by atomic mass is 9.85. The van der Waals surface area contributed by atoms with Crippen molar-refractivity contribution in [2.75, 3.05) is 17.8 Å². The van der Waals surface area contributed by atoms with E-state index in [9.17, 15) is 9.90 Å². The normalized spacial score (nSPS) is 15.5. The maximum atomic E-state index is 13.0. The second kappa shape index (κ2) is 9.25. The molecule has 0 radical (unpaired) electrons. The van der Waals surface area contributed by atoms with E-state index in [0.29, 0.717) is 48.9 Å². The number of nitrogens with one attached hydrogen (secondary N) is 1. The molecule has 8 heteroatoms. The van der Waals surface area contributed by atoms with E-state index in [1.165, 1.54) is 11.9 Å². The summed E-state index contributed by atoms with van der Waals surface area (Å²) in [5.74, 6) is -0.00518. The predicted octanol–water partition coefficient (Wildman–Crippen LogP) is 4.55. The van der Waals surface area contributed by atoms with Crippen LogP contribution >= 0.6 is 11.9 Å². The summed E-state index contributed by atoms with van der Waals surface area (Å²) in [6, 6.07) is 23.1. The third-order valence-electron chi connectivity index (χ3n) is 6.02. The van der Waals surface area contributed by atoms with Gasteiger partial charge in [0.15, 0.2) is 5.52 Å². The molecule has 0 atom stereocenters. The fraction of sp³-hybridized carbons (Fsp3) is 0.240. The molecule has 0 aliphatic carbocycles. The topological polar surface area (TPSA) is 91.5 Å². The number of likely N-dealkylation sites (tertiary alicyclic amines) is 1. The van der Waals surface area contributed by atoms with Crippen molar-refractivity contribution >= 4 is 34.6 Å². The number of aromatic nitrogens is 2. The molecule has 1 aromatic heterocycles. The molecule has 7 nitrogen and oxygen atoms in total. The van der Waals surface area contributed by atoms with E-state index in [1.54, 1.807) is 0 Å². The number of hydrogen-bond acceptors (Lipinski definition) is 7. The maximum Gasteiger partial charge on any atom is 0.253 e. The number of fused-ring (bicyclic) bond motifs is 1. The van der Waals surface area contributed by atoms with Crippen LogP contribution in [0.4, 0.5) is 5.69 Å². The third-order valence-corrected chi connectivity index (χ3v) is 6.90. The number of hydrogen-bond donors (Lipinski definition) is 2. The van der Waals surface area contributed by atoms with E-state index in [1.807, 2.05) is 77.7 Å². The second-order valence-electron chi connectivity index (χ2n) is 8.35. The van der Waals surface area contributed by atoms with Crippen molar-refractivity contribution in [3.8, 4) is 0 Å². The first-order chi connectivity index (χ1) is 16.1. The first kappa shape index (κ1) is 21.5. The third kappa shape index (κ3) is 4.86. The lowest BCUT2D eigenvalue weighted by Gasteiger charge is -2.38. The van der Waals surface area contributed by atoms with Gasteiger partial charge in [0.2, 0.25) is 0 Å². The molecule has 4 aromatic rings. The zero-order valence-corrected chi connectivity index (χ0v) is 18.8. The zero-order valence-electron chi connectivity index (χ0n) is 18.0. The van der Waals surface area contributed by atoms with Crippen LogP contribution in [0.25, 0.3) is 11.0 Å². The molecule has 2 heterocycles. The highest BCUT2D eigenvalue weighted by atomic mass is 32.2. The quantitative estimate of drug-likeness (QED) is 0.408. The van der Waals surface area contributed by atoms with Gasteiger partial charge in [0.1, 0.15) is 5.52 Å². The minimum absolute atomic E-state index is 0.00518. The Kier molecular flexibility index (Phi) is 6.02. The standard InChI is InChI=1S/C25H24N4O3S/c30-24(29-15-13-25(31,14-16-29)17-18-5-2-1-3-6-18)19-9-11-20(12-10-19)28-33-22-8-4-7-21-23(22)27-32-26-21/h1-12,28,31H,13-17H2. The van der Waals surface area contributed by atoms with Crippen molar-refractivity contribution in [2.45, 2.75) is 29.8 Å². The molecule has 1 saturated heterocycles. The molecule has 0 bridgehead atoms. The summed E-state index contributed by atoms with van der Waals surface area (Å²) in [4.78, 5) is 15.7. The van der Waals surface area contributed by atoms with Crippen molar-refractivity contribution in [3.63, 3.8) is 0 Å². The number of aliphatic hydroxyl groups is 1. The van der Waals surface area contributed by atoms with Gasteiger partial charge < -0.3 is 14.7 Å². The minimum Gasteiger partial charge on any atom is -0.389 e. The van der Waals surface area contributed by atoms with Crippen LogP contribution in [0.15, 0.2) is 82.3 Å². The Morgan fingerprint density at radius 3 is 2.52 bits per heavy atom. The first-order valence-electron chi connectivity index (χ1n) is 10.9. The van der Waals surface area contributed by atoms with Crippen LogP contribution in [-0.2, 0) is 6.42 Å². The van der Waals surface area contributed by atoms with Crippen LogP contribution in [0, 0.1) is 0 Å². The molecule has 1 fully saturated rings. The van der Waals surface area contributed by atoms with Gasteiger partial charge in [-0.05, 0) is 77.1 Å². The van der Waals surface area contributed by atoms with Crippen LogP contribution in [0.3, 0.4) is 0 Å². The summed E-state index contributed by atoms with van der Waals surface area (Å²) in [7, 11) is 0. The lowest BCUT2D eigenvalue weighted by Crippen LogP contribution is -2.47. The van der Waals surface area contributed by atoms with E-state index in [2.05, 4.69) is 15.0 Å². The molecule has 1 aliphatic heterocycles. The van der Waals surface area contributed by atoms with Crippen LogP contribution in [-0.4, -0.2) is 44.9 Å². The van der Waals surface area contributed by atoms with Gasteiger partial charge in [0.25, 0.3) is 5.91 Å². The van der Waals surface area contributed by atoms with Gasteiger partial charge in [-0.1, -0.05) is 36.4 Å². The molecule has 2 N–H and O–H groups in total. The molecule has 0 unspecified atom stereocenters. The predicted molar refractivity (Wildman–Crippen MR) is 128 cm³/mol. The molecule has 1 aliphatic rings. The van der Waals surface area contributed by atoms with E-state index in [-0.39, 0.29) is 5.91 Å². The molecule has 168 valence electrons. The molecule has 0 spiro atoms. The average Bonchev–Trinajstić information content (AvgIpc) is 3.33. The van der Waals surface area contributed by atoms with Crippen molar-refractivity contribution in [3.05, 3.63) is 83.9 Å². The zero-order chi connectivity index (χ0) is 22.7. The Labute approximate surface area is 195 Å². The first-order valence-corrected chi connectivity index (χ1v) is 11.7. The Bertz CT molecular complexity index is 1240. The number of carbonyl (C=O) groups is 1. The van der Waals surface area contributed by atoms with Gasteiger partial charge in [0.05, 0.1) is 10.5 Å². The number of rotatable bonds is 6. The van der Waals surface area contributed by atoms with Crippen LogP contribution in [0.2, 0.25) is 0 Å². The second-order valence-corrected chi connectivity index (χ2v) is 9.20. The molecule has 1 amide bonds. The molecular formula is C25H24N4O3S. The van der Waals surface area contributed by atoms with Crippen molar-refractivity contribution in [1.82, 2.24) is 15.2 Å². The van der Waals surface area contributed by atoms with Crippen LogP contribution < -0.4 is 4.72 Å². The van der Waals surface area contributed by atoms with Crippen molar-refractivity contribution < 1.29 is 14.5 Å². The largest absolute Gasteiger partial charge is 0.389 e. The molecule has 3 aromatic carbocycles. The van der Waals surface area contributed by atoms with E-state index < -0.39 is 5.60 Å². The Hall–Kier alpha value is -3.36. The summed E-state index contributed by atoms with van der Waals surface area (Å²) >= 11 is 1.41. The summed E-state index contributed by atoms with van der Waals surface area (Å²) in [5, 5.41) is 18.8. The summed E-state index contributed by atoms with van der Waals surface area (Å²) in [6.07, 6.45) is 1.77. The Balaban J connectivity index is 1.17. The molecule has 5 rings (SSSR count). The maximum absolute atomic E-state index is 13.0. The smallest absolute Gasteiger partial charge is 0.253 e. The molecule has 33 heavy (non-hydrogen) atoms. The number of nitrogens with zero attached hydrogens (tertiary/aromatic N) is 3. The van der Waals surface area contributed by atoms with Gasteiger partial charge in [-0.2, -0.15) is 0 Å². The number of piperidine rings is 1. The Morgan fingerprint density at radius 1 is 1.00 bits per heavy atom. The summed E-state index contributed by atoms with van der Waals surface area (Å²) in [5.41, 5.74) is 3.30. The molecular weight excluding hydrogens is 436 g/mol. The van der Waals surface area contributed by atoms with Gasteiger partial charge >= 0.3 is 0 Å². The number of amides is 1. The monoisotopic (exact) mass is 460 g/mol. The molecule has 0 saturated carbocycles. The fourth-order valence-electron chi connectivity index (χ4n) is 4.12. The van der Waals surface area contributed by atoms with E-state index >= 15 is 0 Å². The minimum atomic E-state index is -0.759. The number of carbonyl (C=O) groups excluding carboxylic acids is 1. The van der Waals surface area contributed by atoms with Crippen LogP contribution in [0.5, 0.6) is 0 Å². The van der Waals surface area contributed by atoms with E-state index in [4.69, 9.17) is 4.63 Å². The van der Waals surface area contributed by atoms with Gasteiger partial charge in [-0.15, -0.1) is 0 Å². The van der Waals surface area contributed by atoms with E-state index in [0.717, 1.165) is 16.1 Å². The number of anilines is 1. The highest BCUT2D eigenvalue weighted by molar-refractivity contribution is 8.00.